The number of benzene rings is 1. The van der Waals surface area contributed by atoms with Crippen molar-refractivity contribution in [2.75, 3.05) is 0 Å². The number of aromatic amines is 1. The summed E-state index contributed by atoms with van der Waals surface area (Å²) in [5, 5.41) is 10.1. The van der Waals surface area contributed by atoms with Crippen LogP contribution in [0.3, 0.4) is 0 Å². The third kappa shape index (κ3) is 3.60. The van der Waals surface area contributed by atoms with Crippen LogP contribution in [0.1, 0.15) is 70.0 Å². The second kappa shape index (κ2) is 8.50. The van der Waals surface area contributed by atoms with Gasteiger partial charge in [-0.3, -0.25) is 9.59 Å². The molecule has 1 heterocycles. The fourth-order valence-corrected chi connectivity index (χ4v) is 6.37. The molecule has 1 aromatic heterocycles. The maximum Gasteiger partial charge on any atom is 0.308 e. The molecular weight excluding hydrogens is 384 g/mol. The number of para-hydroxylation sites is 2. The van der Waals surface area contributed by atoms with Gasteiger partial charge in [-0.05, 0) is 49.7 Å². The zero-order valence-electron chi connectivity index (χ0n) is 16.8. The first-order chi connectivity index (χ1) is 14.0. The van der Waals surface area contributed by atoms with Crippen LogP contribution in [0, 0.1) is 17.8 Å². The number of fused-ring (bicyclic) bond motifs is 1. The van der Waals surface area contributed by atoms with Crippen LogP contribution in [0.5, 0.6) is 0 Å². The average Bonchev–Trinajstić information content (AvgIpc) is 3.17. The first kappa shape index (κ1) is 20.5. The molecule has 1 aromatic carbocycles. The quantitative estimate of drug-likeness (QED) is 0.573. The molecular formula is C23H30N2O3S. The number of nitrogens with zero attached hydrogens (tertiary/aromatic N) is 1. The van der Waals surface area contributed by atoms with Gasteiger partial charge in [-0.2, -0.15) is 0 Å². The lowest BCUT2D eigenvalue weighted by atomic mass is 9.57. The zero-order valence-corrected chi connectivity index (χ0v) is 17.7. The van der Waals surface area contributed by atoms with E-state index in [0.29, 0.717) is 5.82 Å². The molecule has 0 amide bonds. The molecule has 29 heavy (non-hydrogen) atoms. The minimum absolute atomic E-state index is 0.0208. The van der Waals surface area contributed by atoms with Gasteiger partial charge in [0.2, 0.25) is 5.12 Å². The number of rotatable bonds is 6. The molecule has 2 N–H and O–H groups in total. The number of thiol groups is 1. The third-order valence-corrected chi connectivity index (χ3v) is 7.63. The van der Waals surface area contributed by atoms with Crippen molar-refractivity contribution in [3.8, 4) is 0 Å². The van der Waals surface area contributed by atoms with E-state index in [4.69, 9.17) is 4.98 Å². The highest BCUT2D eigenvalue weighted by Crippen LogP contribution is 2.51. The number of H-pyrrole nitrogens is 1. The van der Waals surface area contributed by atoms with E-state index in [1.165, 1.54) is 0 Å². The fourth-order valence-electron chi connectivity index (χ4n) is 5.95. The van der Waals surface area contributed by atoms with Gasteiger partial charge in [0.15, 0.2) is 0 Å². The first-order valence-electron chi connectivity index (χ1n) is 11.0. The van der Waals surface area contributed by atoms with Crippen LogP contribution in [0.15, 0.2) is 24.3 Å². The summed E-state index contributed by atoms with van der Waals surface area (Å²) in [4.78, 5) is 34.3. The number of nitrogens with one attached hydrogen (secondary N) is 1. The van der Waals surface area contributed by atoms with Crippen molar-refractivity contribution in [3.05, 3.63) is 30.1 Å². The van der Waals surface area contributed by atoms with Gasteiger partial charge in [-0.15, -0.1) is 12.6 Å². The Morgan fingerprint density at radius 2 is 1.66 bits per heavy atom. The number of carboxylic acids is 1. The predicted octanol–water partition coefficient (Wildman–Crippen LogP) is 5.12. The molecule has 0 aliphatic heterocycles. The lowest BCUT2D eigenvalue weighted by Gasteiger charge is -2.46. The van der Waals surface area contributed by atoms with E-state index in [1.54, 1.807) is 0 Å². The van der Waals surface area contributed by atoms with Gasteiger partial charge in [0.25, 0.3) is 0 Å². The molecule has 2 aliphatic carbocycles. The Balaban J connectivity index is 1.92. The first-order valence-corrected chi connectivity index (χ1v) is 11.4. The second-order valence-corrected chi connectivity index (χ2v) is 9.23. The highest BCUT2D eigenvalue weighted by molar-refractivity contribution is 7.96. The average molecular weight is 415 g/mol. The van der Waals surface area contributed by atoms with Gasteiger partial charge in [-0.1, -0.05) is 50.7 Å². The molecule has 5 nitrogen and oxygen atoms in total. The molecule has 0 spiro atoms. The van der Waals surface area contributed by atoms with Gasteiger partial charge in [-0.25, -0.2) is 4.98 Å². The summed E-state index contributed by atoms with van der Waals surface area (Å²) in [5.41, 5.74) is 0.395. The number of carbonyl (C=O) groups excluding carboxylic acids is 1. The van der Waals surface area contributed by atoms with Gasteiger partial charge in [0.05, 0.1) is 17.0 Å². The Bertz CT molecular complexity index is 850. The van der Waals surface area contributed by atoms with Crippen molar-refractivity contribution in [2.24, 2.45) is 17.8 Å². The van der Waals surface area contributed by atoms with Crippen molar-refractivity contribution < 1.29 is 14.7 Å². The van der Waals surface area contributed by atoms with E-state index >= 15 is 0 Å². The maximum atomic E-state index is 13.4. The summed E-state index contributed by atoms with van der Waals surface area (Å²) >= 11 is 4.37. The molecule has 0 saturated heterocycles. The lowest BCUT2D eigenvalue weighted by molar-refractivity contribution is -0.153. The largest absolute Gasteiger partial charge is 0.481 e. The molecule has 0 bridgehead atoms. The normalized spacial score (nSPS) is 22.2. The van der Waals surface area contributed by atoms with E-state index in [0.717, 1.165) is 75.2 Å². The number of carbonyl (C=O) groups is 2. The van der Waals surface area contributed by atoms with Gasteiger partial charge in [0.1, 0.15) is 11.2 Å². The minimum atomic E-state index is -1.21. The summed E-state index contributed by atoms with van der Waals surface area (Å²) in [6.45, 7) is 0. The maximum absolute atomic E-state index is 13.4. The van der Waals surface area contributed by atoms with Crippen LogP contribution >= 0.6 is 12.6 Å². The molecule has 156 valence electrons. The number of hydrogen-bond acceptors (Lipinski definition) is 3. The molecule has 2 unspecified atom stereocenters. The summed E-state index contributed by atoms with van der Waals surface area (Å²) in [6.07, 6.45) is 9.76. The van der Waals surface area contributed by atoms with Gasteiger partial charge < -0.3 is 10.1 Å². The summed E-state index contributed by atoms with van der Waals surface area (Å²) < 4.78 is 0. The van der Waals surface area contributed by atoms with Crippen LogP contribution < -0.4 is 0 Å². The third-order valence-electron chi connectivity index (χ3n) is 7.26. The Labute approximate surface area is 177 Å². The van der Waals surface area contributed by atoms with Crippen LogP contribution in [0.4, 0.5) is 0 Å². The SMILES string of the molecule is O=C(O)C(C1CCCCC1)C(C(=O)S)(c1nc2ccccc2[nH]1)C1CCCCC1. The Kier molecular flexibility index (Phi) is 6.00. The van der Waals surface area contributed by atoms with E-state index in [9.17, 15) is 14.7 Å². The van der Waals surface area contributed by atoms with Crippen LogP contribution in [-0.2, 0) is 15.0 Å². The lowest BCUT2D eigenvalue weighted by Crippen LogP contribution is -2.54. The number of imidazole rings is 1. The molecule has 2 aromatic rings. The summed E-state index contributed by atoms with van der Waals surface area (Å²) in [6, 6.07) is 7.66. The van der Waals surface area contributed by atoms with Crippen LogP contribution in [0.2, 0.25) is 0 Å². The van der Waals surface area contributed by atoms with E-state index in [2.05, 4.69) is 17.6 Å². The Morgan fingerprint density at radius 1 is 1.03 bits per heavy atom. The molecule has 2 fully saturated rings. The van der Waals surface area contributed by atoms with E-state index in [-0.39, 0.29) is 17.0 Å². The number of carboxylic acid groups (broad SMARTS) is 1. The molecule has 2 saturated carbocycles. The van der Waals surface area contributed by atoms with Crippen molar-refractivity contribution in [1.82, 2.24) is 9.97 Å². The summed E-state index contributed by atoms with van der Waals surface area (Å²) in [5.74, 6) is -1.25. The van der Waals surface area contributed by atoms with Gasteiger partial charge in [0, 0.05) is 0 Å². The van der Waals surface area contributed by atoms with Crippen molar-refractivity contribution in [3.63, 3.8) is 0 Å². The standard InChI is InChI=1S/C23H30N2O3S/c26-20(27)19(15-9-3-1-4-10-15)23(22(28)29,16-11-5-2-6-12-16)21-24-17-13-7-8-14-18(17)25-21/h7-8,13-16,19H,1-6,9-12H2,(H,24,25)(H,26,27)(H,28,29). The highest BCUT2D eigenvalue weighted by atomic mass is 32.1. The molecule has 4 rings (SSSR count). The second-order valence-electron chi connectivity index (χ2n) is 8.83. The van der Waals surface area contributed by atoms with Crippen LogP contribution in [0.25, 0.3) is 11.0 Å². The van der Waals surface area contributed by atoms with Gasteiger partial charge >= 0.3 is 5.97 Å². The van der Waals surface area contributed by atoms with Crippen molar-refractivity contribution in [2.45, 2.75) is 69.6 Å². The van der Waals surface area contributed by atoms with Crippen molar-refractivity contribution >= 4 is 34.7 Å². The van der Waals surface area contributed by atoms with E-state index < -0.39 is 17.3 Å². The predicted molar refractivity (Wildman–Crippen MR) is 116 cm³/mol. The Morgan fingerprint density at radius 3 is 2.24 bits per heavy atom. The molecule has 6 heteroatoms. The fraction of sp³-hybridized carbons (Fsp3) is 0.609. The molecule has 2 aliphatic rings. The molecule has 0 radical (unpaired) electrons. The summed E-state index contributed by atoms with van der Waals surface area (Å²) in [7, 11) is 0. The topological polar surface area (TPSA) is 83.0 Å². The van der Waals surface area contributed by atoms with Crippen LogP contribution in [-0.4, -0.2) is 26.2 Å². The monoisotopic (exact) mass is 414 g/mol. The Hall–Kier alpha value is -1.82. The molecule has 2 atom stereocenters. The van der Waals surface area contributed by atoms with E-state index in [1.807, 2.05) is 24.3 Å². The van der Waals surface area contributed by atoms with Crippen molar-refractivity contribution in [1.29, 1.82) is 0 Å². The highest BCUT2D eigenvalue weighted by Gasteiger charge is 2.58. The number of aliphatic carboxylic acids is 1. The smallest absolute Gasteiger partial charge is 0.308 e. The number of aromatic nitrogens is 2. The zero-order chi connectivity index (χ0) is 20.4. The number of hydrogen-bond donors (Lipinski definition) is 3. The minimum Gasteiger partial charge on any atom is -0.481 e.